The molecule has 1 aromatic rings. The van der Waals surface area contributed by atoms with Gasteiger partial charge in [-0.1, -0.05) is 23.5 Å². The fourth-order valence-electron chi connectivity index (χ4n) is 1.44. The highest BCUT2D eigenvalue weighted by molar-refractivity contribution is 5.96. The van der Waals surface area contributed by atoms with Crippen molar-refractivity contribution in [1.82, 2.24) is 4.90 Å². The van der Waals surface area contributed by atoms with Crippen molar-refractivity contribution in [3.8, 4) is 11.8 Å². The molecule has 0 saturated carbocycles. The minimum absolute atomic E-state index is 0.00229. The summed E-state index contributed by atoms with van der Waals surface area (Å²) in [5.74, 6) is 5.72. The van der Waals surface area contributed by atoms with E-state index in [2.05, 4.69) is 11.8 Å². The van der Waals surface area contributed by atoms with Gasteiger partial charge in [0.25, 0.3) is 5.91 Å². The summed E-state index contributed by atoms with van der Waals surface area (Å²) in [5.41, 5.74) is 7.79. The fraction of sp³-hybridized carbons (Fsp3) is 0.357. The summed E-state index contributed by atoms with van der Waals surface area (Å²) in [6.07, 6.45) is 0. The van der Waals surface area contributed by atoms with Crippen molar-refractivity contribution in [2.75, 3.05) is 20.1 Å². The predicted octanol–water partition coefficient (Wildman–Crippen LogP) is 1.40. The second-order valence-corrected chi connectivity index (χ2v) is 3.87. The Bertz CT molecular complexity index is 469. The molecule has 17 heavy (non-hydrogen) atoms. The van der Waals surface area contributed by atoms with Gasteiger partial charge in [0.2, 0.25) is 0 Å². The Morgan fingerprint density at radius 3 is 2.76 bits per heavy atom. The lowest BCUT2D eigenvalue weighted by Crippen LogP contribution is -2.27. The number of carbonyl (C=O) groups is 1. The monoisotopic (exact) mass is 230 g/mol. The third-order valence-electron chi connectivity index (χ3n) is 2.55. The van der Waals surface area contributed by atoms with E-state index in [-0.39, 0.29) is 5.91 Å². The molecular formula is C14H18N2O. The lowest BCUT2D eigenvalue weighted by molar-refractivity contribution is 0.0802. The summed E-state index contributed by atoms with van der Waals surface area (Å²) in [4.78, 5) is 13.8. The molecule has 0 unspecified atom stereocenters. The van der Waals surface area contributed by atoms with Crippen LogP contribution in [0.1, 0.15) is 28.4 Å². The summed E-state index contributed by atoms with van der Waals surface area (Å²) < 4.78 is 0. The van der Waals surface area contributed by atoms with Gasteiger partial charge >= 0.3 is 0 Å². The second-order valence-electron chi connectivity index (χ2n) is 3.87. The van der Waals surface area contributed by atoms with E-state index >= 15 is 0 Å². The van der Waals surface area contributed by atoms with E-state index < -0.39 is 0 Å². The van der Waals surface area contributed by atoms with Crippen molar-refractivity contribution < 1.29 is 4.79 Å². The number of amides is 1. The van der Waals surface area contributed by atoms with Gasteiger partial charge in [0.15, 0.2) is 0 Å². The molecule has 3 nitrogen and oxygen atoms in total. The van der Waals surface area contributed by atoms with E-state index in [1.807, 2.05) is 32.0 Å². The lowest BCUT2D eigenvalue weighted by Gasteiger charge is -2.15. The van der Waals surface area contributed by atoms with Crippen LogP contribution in [0.4, 0.5) is 0 Å². The Hall–Kier alpha value is -1.79. The van der Waals surface area contributed by atoms with Crippen LogP contribution in [0.2, 0.25) is 0 Å². The Balaban J connectivity index is 3.19. The third-order valence-corrected chi connectivity index (χ3v) is 2.55. The van der Waals surface area contributed by atoms with Gasteiger partial charge in [-0.15, -0.1) is 0 Å². The molecule has 0 bridgehead atoms. The molecule has 0 fully saturated rings. The van der Waals surface area contributed by atoms with Crippen LogP contribution in [0.15, 0.2) is 18.2 Å². The largest absolute Gasteiger partial charge is 0.342 e. The van der Waals surface area contributed by atoms with Gasteiger partial charge in [0, 0.05) is 19.2 Å². The van der Waals surface area contributed by atoms with Crippen LogP contribution in [0.25, 0.3) is 0 Å². The Labute approximate surface area is 103 Å². The molecule has 0 aliphatic carbocycles. The summed E-state index contributed by atoms with van der Waals surface area (Å²) in [5, 5.41) is 0. The van der Waals surface area contributed by atoms with Crippen molar-refractivity contribution in [2.24, 2.45) is 5.73 Å². The first-order valence-corrected chi connectivity index (χ1v) is 5.65. The highest BCUT2D eigenvalue weighted by Crippen LogP contribution is 2.13. The quantitative estimate of drug-likeness (QED) is 0.781. The van der Waals surface area contributed by atoms with Gasteiger partial charge in [-0.2, -0.15) is 0 Å². The zero-order chi connectivity index (χ0) is 12.8. The molecule has 0 aliphatic heterocycles. The van der Waals surface area contributed by atoms with Crippen LogP contribution in [-0.2, 0) is 0 Å². The predicted molar refractivity (Wildman–Crippen MR) is 69.7 cm³/mol. The molecule has 0 radical (unpaired) electrons. The first kappa shape index (κ1) is 13.3. The number of nitrogens with two attached hydrogens (primary N) is 1. The van der Waals surface area contributed by atoms with Gasteiger partial charge in [-0.25, -0.2) is 0 Å². The first-order chi connectivity index (χ1) is 8.10. The van der Waals surface area contributed by atoms with E-state index in [0.29, 0.717) is 18.7 Å². The molecule has 1 aromatic carbocycles. The molecule has 2 N–H and O–H groups in total. The number of benzene rings is 1. The van der Waals surface area contributed by atoms with Gasteiger partial charge in [0.1, 0.15) is 0 Å². The lowest BCUT2D eigenvalue weighted by atomic mass is 10.0. The maximum absolute atomic E-state index is 12.1. The van der Waals surface area contributed by atoms with Crippen LogP contribution >= 0.6 is 0 Å². The Morgan fingerprint density at radius 1 is 1.47 bits per heavy atom. The molecule has 0 heterocycles. The van der Waals surface area contributed by atoms with Crippen molar-refractivity contribution in [1.29, 1.82) is 0 Å². The van der Waals surface area contributed by atoms with Crippen LogP contribution in [-0.4, -0.2) is 30.9 Å². The van der Waals surface area contributed by atoms with Crippen molar-refractivity contribution >= 4 is 5.91 Å². The summed E-state index contributed by atoms with van der Waals surface area (Å²) in [7, 11) is 1.78. The van der Waals surface area contributed by atoms with E-state index in [4.69, 9.17) is 5.73 Å². The minimum Gasteiger partial charge on any atom is -0.342 e. The van der Waals surface area contributed by atoms with Gasteiger partial charge in [0.05, 0.1) is 12.1 Å². The Kier molecular flexibility index (Phi) is 4.74. The van der Waals surface area contributed by atoms with E-state index in [1.54, 1.807) is 11.9 Å². The summed E-state index contributed by atoms with van der Waals surface area (Å²) in [6.45, 7) is 4.88. The van der Waals surface area contributed by atoms with Crippen LogP contribution in [0.3, 0.4) is 0 Å². The van der Waals surface area contributed by atoms with Gasteiger partial charge < -0.3 is 10.6 Å². The number of rotatable bonds is 2. The Morgan fingerprint density at radius 2 is 2.18 bits per heavy atom. The van der Waals surface area contributed by atoms with Crippen molar-refractivity contribution in [3.63, 3.8) is 0 Å². The van der Waals surface area contributed by atoms with Crippen LogP contribution in [0, 0.1) is 18.8 Å². The highest BCUT2D eigenvalue weighted by Gasteiger charge is 2.13. The third kappa shape index (κ3) is 3.33. The van der Waals surface area contributed by atoms with Crippen LogP contribution in [0.5, 0.6) is 0 Å². The van der Waals surface area contributed by atoms with Crippen molar-refractivity contribution in [3.05, 3.63) is 34.9 Å². The molecule has 90 valence electrons. The smallest absolute Gasteiger partial charge is 0.254 e. The number of aryl methyl sites for hydroxylation is 1. The van der Waals surface area contributed by atoms with E-state index in [0.717, 1.165) is 11.1 Å². The standard InChI is InChI=1S/C14H18N2O/c1-4-16(3)14(17)13-10-11(2)7-8-12(13)6-5-9-15/h7-8,10H,4,9,15H2,1-3H3. The second kappa shape index (κ2) is 6.07. The minimum atomic E-state index is -0.00229. The SMILES string of the molecule is CCN(C)C(=O)c1cc(C)ccc1C#CCN. The topological polar surface area (TPSA) is 46.3 Å². The van der Waals surface area contributed by atoms with Crippen LogP contribution < -0.4 is 5.73 Å². The zero-order valence-corrected chi connectivity index (χ0v) is 10.6. The molecule has 1 rings (SSSR count). The number of carbonyl (C=O) groups excluding carboxylic acids is 1. The summed E-state index contributed by atoms with van der Waals surface area (Å²) in [6, 6.07) is 5.69. The van der Waals surface area contributed by atoms with E-state index in [9.17, 15) is 4.79 Å². The number of nitrogens with zero attached hydrogens (tertiary/aromatic N) is 1. The zero-order valence-electron chi connectivity index (χ0n) is 10.6. The van der Waals surface area contributed by atoms with Gasteiger partial charge in [-0.05, 0) is 26.0 Å². The van der Waals surface area contributed by atoms with Crippen molar-refractivity contribution in [2.45, 2.75) is 13.8 Å². The highest BCUT2D eigenvalue weighted by atomic mass is 16.2. The molecule has 0 saturated heterocycles. The number of hydrogen-bond donors (Lipinski definition) is 1. The maximum Gasteiger partial charge on any atom is 0.254 e. The number of hydrogen-bond acceptors (Lipinski definition) is 2. The molecule has 0 spiro atoms. The molecule has 0 aliphatic rings. The normalized spacial score (nSPS) is 9.41. The molecular weight excluding hydrogens is 212 g/mol. The molecule has 1 amide bonds. The average Bonchev–Trinajstić information content (AvgIpc) is 2.35. The fourth-order valence-corrected chi connectivity index (χ4v) is 1.44. The van der Waals surface area contributed by atoms with Gasteiger partial charge in [-0.3, -0.25) is 4.79 Å². The molecule has 0 atom stereocenters. The average molecular weight is 230 g/mol. The maximum atomic E-state index is 12.1. The molecule has 0 aromatic heterocycles. The first-order valence-electron chi connectivity index (χ1n) is 5.65. The van der Waals surface area contributed by atoms with E-state index in [1.165, 1.54) is 0 Å². The summed E-state index contributed by atoms with van der Waals surface area (Å²) >= 11 is 0. The molecule has 3 heteroatoms.